The van der Waals surface area contributed by atoms with E-state index in [1.807, 2.05) is 48.9 Å². The first kappa shape index (κ1) is 24.0. The monoisotopic (exact) mass is 489 g/mol. The molecule has 2 aromatic rings. The molecule has 1 aliphatic heterocycles. The van der Waals surface area contributed by atoms with Crippen LogP contribution in [0.2, 0.25) is 0 Å². The summed E-state index contributed by atoms with van der Waals surface area (Å²) < 4.78 is 49.5. The molecule has 1 aliphatic carbocycles. The molecule has 0 radical (unpaired) electrons. The van der Waals surface area contributed by atoms with E-state index in [9.17, 15) is 18.0 Å². The van der Waals surface area contributed by atoms with Gasteiger partial charge in [0.2, 0.25) is 5.91 Å². The van der Waals surface area contributed by atoms with E-state index in [1.54, 1.807) is 6.07 Å². The highest BCUT2D eigenvalue weighted by atomic mass is 32.2. The number of fused-ring (bicyclic) bond motifs is 1. The van der Waals surface area contributed by atoms with E-state index < -0.39 is 28.5 Å². The van der Waals surface area contributed by atoms with Crippen molar-refractivity contribution in [3.63, 3.8) is 0 Å². The fourth-order valence-electron chi connectivity index (χ4n) is 4.33. The van der Waals surface area contributed by atoms with Crippen molar-refractivity contribution in [2.24, 2.45) is 5.92 Å². The van der Waals surface area contributed by atoms with Crippen molar-refractivity contribution in [1.82, 2.24) is 10.0 Å². The van der Waals surface area contributed by atoms with Crippen LogP contribution in [0.25, 0.3) is 0 Å². The smallest absolute Gasteiger partial charge is 0.326 e. The van der Waals surface area contributed by atoms with Crippen molar-refractivity contribution in [1.29, 1.82) is 0 Å². The minimum absolute atomic E-state index is 0.0578. The van der Waals surface area contributed by atoms with E-state index in [2.05, 4.69) is 5.32 Å². The molecule has 10 heteroatoms. The lowest BCUT2D eigenvalue weighted by Crippen LogP contribution is -2.40. The Balaban J connectivity index is 1.68. The van der Waals surface area contributed by atoms with E-state index >= 15 is 4.39 Å². The Kier molecular flexibility index (Phi) is 6.79. The number of benzene rings is 2. The molecule has 8 nitrogen and oxygen atoms in total. The van der Waals surface area contributed by atoms with E-state index in [0.29, 0.717) is 34.7 Å². The Labute approximate surface area is 198 Å². The summed E-state index contributed by atoms with van der Waals surface area (Å²) in [6, 6.07) is 10.6. The van der Waals surface area contributed by atoms with Crippen molar-refractivity contribution in [2.75, 3.05) is 10.8 Å². The van der Waals surface area contributed by atoms with Crippen LogP contribution in [-0.2, 0) is 39.2 Å². The molecule has 1 fully saturated rings. The number of carbonyl (C=O) groups is 2. The Hall–Kier alpha value is -3.14. The maximum absolute atomic E-state index is 15.9. The van der Waals surface area contributed by atoms with Gasteiger partial charge >= 0.3 is 10.2 Å². The lowest BCUT2D eigenvalue weighted by Gasteiger charge is -2.29. The second-order valence-electron chi connectivity index (χ2n) is 9.09. The SMILES string of the molecule is CC(C)CC(=O)NC1CCc2cc(OCc3ccccc3)c(N3CC(=O)NS3(=O)=O)c(F)c2C1. The van der Waals surface area contributed by atoms with Crippen LogP contribution in [0.15, 0.2) is 36.4 Å². The molecule has 182 valence electrons. The lowest BCUT2D eigenvalue weighted by atomic mass is 9.87. The number of ether oxygens (including phenoxy) is 1. The number of halogens is 1. The zero-order valence-corrected chi connectivity index (χ0v) is 20.0. The average Bonchev–Trinajstić information content (AvgIpc) is 3.04. The van der Waals surface area contributed by atoms with Gasteiger partial charge in [0.25, 0.3) is 5.91 Å². The first-order valence-electron chi connectivity index (χ1n) is 11.3. The Morgan fingerprint density at radius 1 is 1.29 bits per heavy atom. The lowest BCUT2D eigenvalue weighted by molar-refractivity contribution is -0.122. The van der Waals surface area contributed by atoms with E-state index in [1.165, 1.54) is 0 Å². The van der Waals surface area contributed by atoms with Gasteiger partial charge in [-0.05, 0) is 47.9 Å². The molecular weight excluding hydrogens is 461 g/mol. The Morgan fingerprint density at radius 3 is 2.68 bits per heavy atom. The van der Waals surface area contributed by atoms with Crippen LogP contribution in [0, 0.1) is 11.7 Å². The topological polar surface area (TPSA) is 105 Å². The molecular formula is C24H28FN3O5S. The summed E-state index contributed by atoms with van der Waals surface area (Å²) in [5.41, 5.74) is 1.58. The number of amides is 2. The van der Waals surface area contributed by atoms with Crippen LogP contribution in [0.5, 0.6) is 5.75 Å². The summed E-state index contributed by atoms with van der Waals surface area (Å²) in [4.78, 5) is 24.1. The molecule has 0 saturated carbocycles. The molecule has 1 atom stereocenters. The first-order chi connectivity index (χ1) is 16.1. The average molecular weight is 490 g/mol. The van der Waals surface area contributed by atoms with Crippen molar-refractivity contribution < 1.29 is 27.1 Å². The number of nitrogens with one attached hydrogen (secondary N) is 2. The van der Waals surface area contributed by atoms with Crippen molar-refractivity contribution in [3.05, 3.63) is 58.9 Å². The highest BCUT2D eigenvalue weighted by Crippen LogP contribution is 2.40. The van der Waals surface area contributed by atoms with Gasteiger partial charge in [-0.3, -0.25) is 9.59 Å². The van der Waals surface area contributed by atoms with E-state index in [0.717, 1.165) is 5.56 Å². The Morgan fingerprint density at radius 2 is 2.03 bits per heavy atom. The van der Waals surface area contributed by atoms with Crippen LogP contribution >= 0.6 is 0 Å². The third-order valence-electron chi connectivity index (χ3n) is 5.88. The molecule has 1 unspecified atom stereocenters. The molecule has 2 aliphatic rings. The summed E-state index contributed by atoms with van der Waals surface area (Å²) in [6.45, 7) is 3.47. The summed E-state index contributed by atoms with van der Waals surface area (Å²) in [5, 5.41) is 2.96. The van der Waals surface area contributed by atoms with Crippen LogP contribution in [0.1, 0.15) is 43.4 Å². The molecule has 0 spiro atoms. The minimum Gasteiger partial charge on any atom is -0.487 e. The molecule has 34 heavy (non-hydrogen) atoms. The van der Waals surface area contributed by atoms with Crippen LogP contribution in [-0.4, -0.2) is 32.8 Å². The van der Waals surface area contributed by atoms with Crippen LogP contribution in [0.3, 0.4) is 0 Å². The van der Waals surface area contributed by atoms with Gasteiger partial charge in [0.1, 0.15) is 24.6 Å². The van der Waals surface area contributed by atoms with Gasteiger partial charge in [-0.25, -0.2) is 13.4 Å². The highest BCUT2D eigenvalue weighted by Gasteiger charge is 2.39. The van der Waals surface area contributed by atoms with Gasteiger partial charge < -0.3 is 10.1 Å². The largest absolute Gasteiger partial charge is 0.487 e. The zero-order chi connectivity index (χ0) is 24.5. The van der Waals surface area contributed by atoms with Gasteiger partial charge in [0.15, 0.2) is 5.82 Å². The van der Waals surface area contributed by atoms with Crippen molar-refractivity contribution in [3.8, 4) is 5.75 Å². The van der Waals surface area contributed by atoms with Gasteiger partial charge in [-0.15, -0.1) is 0 Å². The first-order valence-corrected chi connectivity index (χ1v) is 12.7. The standard InChI is InChI=1S/C24H28FN3O5S/c1-15(2)10-21(29)26-18-9-8-17-11-20(33-14-16-6-4-3-5-7-16)24(23(25)19(17)12-18)28-13-22(30)27-34(28,31)32/h3-7,11,15,18H,8-10,12-14H2,1-2H3,(H,26,29)(H,27,30). The van der Waals surface area contributed by atoms with Crippen molar-refractivity contribution >= 4 is 27.7 Å². The molecule has 4 rings (SSSR count). The molecule has 2 amide bonds. The molecule has 1 saturated heterocycles. The Bertz CT molecular complexity index is 1200. The predicted octanol–water partition coefficient (Wildman–Crippen LogP) is 2.61. The molecule has 2 aromatic carbocycles. The summed E-state index contributed by atoms with van der Waals surface area (Å²) in [6.07, 6.45) is 1.75. The summed E-state index contributed by atoms with van der Waals surface area (Å²) in [7, 11) is -4.25. The predicted molar refractivity (Wildman–Crippen MR) is 125 cm³/mol. The van der Waals surface area contributed by atoms with Crippen LogP contribution < -0.4 is 19.1 Å². The molecule has 0 bridgehead atoms. The molecule has 1 heterocycles. The number of hydrogen-bond donors (Lipinski definition) is 2. The maximum Gasteiger partial charge on any atom is 0.326 e. The third kappa shape index (κ3) is 5.16. The summed E-state index contributed by atoms with van der Waals surface area (Å²) in [5.74, 6) is -1.33. The van der Waals surface area contributed by atoms with Crippen molar-refractivity contribution in [2.45, 2.75) is 52.2 Å². The number of anilines is 1. The maximum atomic E-state index is 15.9. The number of carbonyl (C=O) groups excluding carboxylic acids is 2. The summed E-state index contributed by atoms with van der Waals surface area (Å²) >= 11 is 0. The second-order valence-corrected chi connectivity index (χ2v) is 10.7. The molecule has 2 N–H and O–H groups in total. The zero-order valence-electron chi connectivity index (χ0n) is 19.1. The minimum atomic E-state index is -4.25. The third-order valence-corrected chi connectivity index (χ3v) is 7.25. The van der Waals surface area contributed by atoms with Gasteiger partial charge in [0.05, 0.1) is 0 Å². The normalized spacial score (nSPS) is 19.0. The second kappa shape index (κ2) is 9.61. The quantitative estimate of drug-likeness (QED) is 0.622. The van der Waals surface area contributed by atoms with E-state index in [-0.39, 0.29) is 42.3 Å². The number of nitrogens with zero attached hydrogens (tertiary/aromatic N) is 1. The highest BCUT2D eigenvalue weighted by molar-refractivity contribution is 7.92. The number of hydrogen-bond acceptors (Lipinski definition) is 5. The van der Waals surface area contributed by atoms with Crippen LogP contribution in [0.4, 0.5) is 10.1 Å². The molecule has 0 aromatic heterocycles. The van der Waals surface area contributed by atoms with E-state index in [4.69, 9.17) is 4.74 Å². The number of aryl methyl sites for hydroxylation is 1. The van der Waals surface area contributed by atoms with Gasteiger partial charge in [0, 0.05) is 12.5 Å². The van der Waals surface area contributed by atoms with Gasteiger partial charge in [-0.2, -0.15) is 8.42 Å². The number of rotatable bonds is 7. The fourth-order valence-corrected chi connectivity index (χ4v) is 5.49. The fraction of sp³-hybridized carbons (Fsp3) is 0.417. The van der Waals surface area contributed by atoms with Gasteiger partial charge in [-0.1, -0.05) is 44.2 Å².